The van der Waals surface area contributed by atoms with Gasteiger partial charge in [-0.2, -0.15) is 0 Å². The van der Waals surface area contributed by atoms with Gasteiger partial charge in [0.15, 0.2) is 6.61 Å². The monoisotopic (exact) mass is 349 g/mol. The minimum Gasteiger partial charge on any atom is -0.452 e. The number of hydrogen-bond acceptors (Lipinski definition) is 4. The summed E-state index contributed by atoms with van der Waals surface area (Å²) in [5.74, 6) is -0.758. The van der Waals surface area contributed by atoms with Crippen molar-refractivity contribution in [1.82, 2.24) is 4.90 Å². The number of carbonyl (C=O) groups is 2. The number of amides is 1. The predicted molar refractivity (Wildman–Crippen MR) is 84.3 cm³/mol. The highest BCUT2D eigenvalue weighted by Gasteiger charge is 2.20. The van der Waals surface area contributed by atoms with E-state index in [9.17, 15) is 9.59 Å². The van der Waals surface area contributed by atoms with E-state index >= 15 is 0 Å². The maximum atomic E-state index is 12.1. The van der Waals surface area contributed by atoms with Crippen LogP contribution in [-0.4, -0.2) is 36.5 Å². The van der Waals surface area contributed by atoms with Crippen LogP contribution >= 0.6 is 34.5 Å². The number of likely N-dealkylation sites (tertiary alicyclic amines) is 1. The van der Waals surface area contributed by atoms with E-state index in [0.29, 0.717) is 4.34 Å². The first kappa shape index (κ1) is 16.6. The lowest BCUT2D eigenvalue weighted by Gasteiger charge is -2.24. The van der Waals surface area contributed by atoms with E-state index in [2.05, 4.69) is 0 Å². The molecule has 1 amide bonds. The van der Waals surface area contributed by atoms with Gasteiger partial charge < -0.3 is 9.64 Å². The highest BCUT2D eigenvalue weighted by molar-refractivity contribution is 7.20. The lowest BCUT2D eigenvalue weighted by Crippen LogP contribution is -2.36. The Morgan fingerprint density at radius 1 is 1.14 bits per heavy atom. The molecule has 1 aliphatic heterocycles. The lowest BCUT2D eigenvalue weighted by molar-refractivity contribution is -0.134. The van der Waals surface area contributed by atoms with Gasteiger partial charge in [0.2, 0.25) is 0 Å². The van der Waals surface area contributed by atoms with Crippen molar-refractivity contribution in [2.45, 2.75) is 32.1 Å². The van der Waals surface area contributed by atoms with E-state index in [4.69, 9.17) is 27.9 Å². The predicted octanol–water partition coefficient (Wildman–Crippen LogP) is 4.00. The zero-order chi connectivity index (χ0) is 15.2. The van der Waals surface area contributed by atoms with Crippen molar-refractivity contribution in [2.24, 2.45) is 0 Å². The number of esters is 1. The summed E-state index contributed by atoms with van der Waals surface area (Å²) in [4.78, 5) is 25.7. The number of rotatable bonds is 3. The molecule has 0 atom stereocenters. The minimum atomic E-state index is -0.608. The number of hydrogen-bond donors (Lipinski definition) is 0. The molecule has 0 radical (unpaired) electrons. The first-order chi connectivity index (χ1) is 10.1. The van der Waals surface area contributed by atoms with E-state index < -0.39 is 5.97 Å². The third-order valence-corrected chi connectivity index (χ3v) is 4.90. The van der Waals surface area contributed by atoms with Gasteiger partial charge in [0, 0.05) is 13.1 Å². The molecule has 1 aliphatic rings. The Morgan fingerprint density at radius 3 is 2.33 bits per heavy atom. The van der Waals surface area contributed by atoms with Gasteiger partial charge in [0.1, 0.15) is 4.34 Å². The first-order valence-corrected chi connectivity index (χ1v) is 8.55. The molecule has 4 nitrogen and oxygen atoms in total. The lowest BCUT2D eigenvalue weighted by atomic mass is 10.1. The molecule has 21 heavy (non-hydrogen) atoms. The second-order valence-corrected chi connectivity index (χ2v) is 7.25. The molecular weight excluding hydrogens is 333 g/mol. The highest BCUT2D eigenvalue weighted by atomic mass is 35.5. The summed E-state index contributed by atoms with van der Waals surface area (Å²) >= 11 is 12.8. The average Bonchev–Trinajstić information content (AvgIpc) is 2.74. The van der Waals surface area contributed by atoms with E-state index in [0.717, 1.165) is 50.1 Å². The topological polar surface area (TPSA) is 46.6 Å². The van der Waals surface area contributed by atoms with Crippen molar-refractivity contribution in [3.63, 3.8) is 0 Å². The van der Waals surface area contributed by atoms with Crippen molar-refractivity contribution in [3.8, 4) is 0 Å². The molecule has 0 N–H and O–H groups in total. The van der Waals surface area contributed by atoms with Gasteiger partial charge in [-0.3, -0.25) is 4.79 Å². The number of ether oxygens (including phenoxy) is 1. The molecule has 0 aliphatic carbocycles. The Hall–Kier alpha value is -0.780. The van der Waals surface area contributed by atoms with Crippen LogP contribution in [0.2, 0.25) is 8.67 Å². The maximum Gasteiger partial charge on any atom is 0.341 e. The highest BCUT2D eigenvalue weighted by Crippen LogP contribution is 2.31. The van der Waals surface area contributed by atoms with E-state index in [-0.39, 0.29) is 22.4 Å². The summed E-state index contributed by atoms with van der Waals surface area (Å²) in [6.07, 6.45) is 5.53. The number of thiophene rings is 1. The normalized spacial score (nSPS) is 16.2. The van der Waals surface area contributed by atoms with Crippen molar-refractivity contribution >= 4 is 46.4 Å². The summed E-state index contributed by atoms with van der Waals surface area (Å²) in [6.45, 7) is 1.23. The summed E-state index contributed by atoms with van der Waals surface area (Å²) in [7, 11) is 0. The molecular formula is C14H17Cl2NO3S. The molecule has 0 unspecified atom stereocenters. The van der Waals surface area contributed by atoms with Crippen molar-refractivity contribution in [1.29, 1.82) is 0 Å². The Bertz CT molecular complexity index is 510. The largest absolute Gasteiger partial charge is 0.452 e. The van der Waals surface area contributed by atoms with Crippen LogP contribution in [0.15, 0.2) is 6.07 Å². The van der Waals surface area contributed by atoms with Crippen LogP contribution in [0.4, 0.5) is 0 Å². The zero-order valence-corrected chi connectivity index (χ0v) is 13.9. The Balaban J connectivity index is 1.85. The van der Waals surface area contributed by atoms with Crippen molar-refractivity contribution in [2.75, 3.05) is 19.7 Å². The molecule has 2 rings (SSSR count). The van der Waals surface area contributed by atoms with Crippen molar-refractivity contribution in [3.05, 3.63) is 20.3 Å². The Labute approximate surface area is 138 Å². The number of carbonyl (C=O) groups excluding carboxylic acids is 2. The molecule has 1 fully saturated rings. The molecule has 1 saturated heterocycles. The van der Waals surface area contributed by atoms with Crippen LogP contribution in [0.3, 0.4) is 0 Å². The molecule has 1 aromatic rings. The molecule has 0 aromatic carbocycles. The number of halogens is 2. The smallest absolute Gasteiger partial charge is 0.341 e. The molecule has 2 heterocycles. The van der Waals surface area contributed by atoms with Gasteiger partial charge in [0.25, 0.3) is 5.91 Å². The van der Waals surface area contributed by atoms with Crippen LogP contribution in [0, 0.1) is 0 Å². The average molecular weight is 350 g/mol. The maximum absolute atomic E-state index is 12.1. The Morgan fingerprint density at radius 2 is 1.76 bits per heavy atom. The van der Waals surface area contributed by atoms with E-state index in [1.807, 2.05) is 0 Å². The molecule has 0 bridgehead atoms. The van der Waals surface area contributed by atoms with Gasteiger partial charge in [-0.05, 0) is 18.9 Å². The van der Waals surface area contributed by atoms with Crippen LogP contribution in [0.5, 0.6) is 0 Å². The van der Waals surface area contributed by atoms with Gasteiger partial charge in [-0.1, -0.05) is 42.5 Å². The van der Waals surface area contributed by atoms with Crippen LogP contribution in [0.25, 0.3) is 0 Å². The zero-order valence-electron chi connectivity index (χ0n) is 11.6. The van der Waals surface area contributed by atoms with E-state index in [1.54, 1.807) is 4.90 Å². The van der Waals surface area contributed by atoms with Crippen LogP contribution in [0.1, 0.15) is 42.5 Å². The third-order valence-electron chi connectivity index (χ3n) is 3.41. The van der Waals surface area contributed by atoms with Gasteiger partial charge >= 0.3 is 5.97 Å². The van der Waals surface area contributed by atoms with E-state index in [1.165, 1.54) is 12.5 Å². The quantitative estimate of drug-likeness (QED) is 0.774. The minimum absolute atomic E-state index is 0.150. The molecule has 0 saturated carbocycles. The van der Waals surface area contributed by atoms with Gasteiger partial charge in [-0.25, -0.2) is 4.79 Å². The second kappa shape index (κ2) is 8.01. The van der Waals surface area contributed by atoms with Crippen LogP contribution in [-0.2, 0) is 9.53 Å². The van der Waals surface area contributed by atoms with Gasteiger partial charge in [-0.15, -0.1) is 11.3 Å². The summed E-state index contributed by atoms with van der Waals surface area (Å²) in [5.41, 5.74) is 0.215. The summed E-state index contributed by atoms with van der Waals surface area (Å²) < 4.78 is 5.74. The number of nitrogens with zero attached hydrogens (tertiary/aromatic N) is 1. The van der Waals surface area contributed by atoms with Gasteiger partial charge in [0.05, 0.1) is 9.90 Å². The standard InChI is InChI=1S/C14H17Cl2NO3S/c15-11-8-10(13(16)21-11)14(19)20-9-12(18)17-6-4-2-1-3-5-7-17/h8H,1-7,9H2. The Kier molecular flexibility index (Phi) is 6.33. The van der Waals surface area contributed by atoms with Crippen molar-refractivity contribution < 1.29 is 14.3 Å². The fourth-order valence-electron chi connectivity index (χ4n) is 2.27. The van der Waals surface area contributed by atoms with Crippen LogP contribution < -0.4 is 0 Å². The second-order valence-electron chi connectivity index (χ2n) is 4.96. The molecule has 1 aromatic heterocycles. The molecule has 116 valence electrons. The summed E-state index contributed by atoms with van der Waals surface area (Å²) in [5, 5.41) is 0. The molecule has 7 heteroatoms. The fourth-order valence-corrected chi connectivity index (χ4v) is 3.71. The first-order valence-electron chi connectivity index (χ1n) is 6.97. The third kappa shape index (κ3) is 4.87. The SMILES string of the molecule is O=C(OCC(=O)N1CCCCCCC1)c1cc(Cl)sc1Cl. The fraction of sp³-hybridized carbons (Fsp3) is 0.571. The molecule has 0 spiro atoms. The summed E-state index contributed by atoms with van der Waals surface area (Å²) in [6, 6.07) is 1.46.